The zero-order valence-corrected chi connectivity index (χ0v) is 29.1. The van der Waals surface area contributed by atoms with E-state index in [0.29, 0.717) is 13.0 Å². The maximum absolute atomic E-state index is 13.1. The van der Waals surface area contributed by atoms with Crippen molar-refractivity contribution in [2.75, 3.05) is 26.0 Å². The van der Waals surface area contributed by atoms with Crippen LogP contribution in [-0.2, 0) is 27.3 Å². The van der Waals surface area contributed by atoms with Gasteiger partial charge in [0.15, 0.2) is 16.6 Å². The van der Waals surface area contributed by atoms with Crippen LogP contribution in [0.1, 0.15) is 82.6 Å². The summed E-state index contributed by atoms with van der Waals surface area (Å²) in [5.41, 5.74) is 0. The van der Waals surface area contributed by atoms with Crippen LogP contribution in [0.15, 0.2) is 0 Å². The van der Waals surface area contributed by atoms with Gasteiger partial charge in [0.1, 0.15) is 11.9 Å². The quantitative estimate of drug-likeness (QED) is 0.138. The van der Waals surface area contributed by atoms with E-state index in [-0.39, 0.29) is 59.1 Å². The Kier molecular flexibility index (Phi) is 14.1. The summed E-state index contributed by atoms with van der Waals surface area (Å²) < 4.78 is 37.2. The first kappa shape index (κ1) is 36.2. The molecular weight excluding hydrogens is 507 g/mol. The van der Waals surface area contributed by atoms with Crippen molar-refractivity contribution in [2.24, 2.45) is 17.8 Å². The molecule has 0 bridgehead atoms. The molecule has 0 spiro atoms. The summed E-state index contributed by atoms with van der Waals surface area (Å²) in [5.74, 6) is -0.0326. The molecule has 0 aromatic heterocycles. The topological polar surface area (TPSA) is 71.1 Å². The average Bonchev–Trinajstić information content (AvgIpc) is 2.68. The molecule has 4 atom stereocenters. The summed E-state index contributed by atoms with van der Waals surface area (Å²) in [5, 5.41) is 0.220. The van der Waals surface area contributed by atoms with Gasteiger partial charge in [-0.15, -0.1) is 0 Å². The predicted molar refractivity (Wildman–Crippen MR) is 158 cm³/mol. The van der Waals surface area contributed by atoms with E-state index in [9.17, 15) is 9.36 Å². The molecule has 0 saturated carbocycles. The number of hydrogen-bond acceptors (Lipinski definition) is 6. The maximum Gasteiger partial charge on any atom is 0.338 e. The fourth-order valence-corrected chi connectivity index (χ4v) is 8.00. The summed E-state index contributed by atoms with van der Waals surface area (Å²) in [6, 6.07) is 0. The second-order valence-electron chi connectivity index (χ2n) is 13.6. The average molecular weight is 567 g/mol. The van der Waals surface area contributed by atoms with Gasteiger partial charge in [0.05, 0.1) is 19.3 Å². The van der Waals surface area contributed by atoms with Crippen LogP contribution in [0.2, 0.25) is 36.3 Å². The number of carbonyl (C=O) groups excluding carboxylic acids is 1. The number of carbonyl (C=O) groups is 1. The Labute approximate surface area is 225 Å². The fourth-order valence-electron chi connectivity index (χ4n) is 3.65. The molecule has 0 radical (unpaired) electrons. The lowest BCUT2D eigenvalue weighted by Crippen LogP contribution is -2.49. The molecule has 0 aliphatic heterocycles. The molecule has 9 heteroatoms. The highest BCUT2D eigenvalue weighted by Crippen LogP contribution is 2.48. The third kappa shape index (κ3) is 11.1. The second kappa shape index (κ2) is 14.0. The highest BCUT2D eigenvalue weighted by Gasteiger charge is 2.43. The van der Waals surface area contributed by atoms with E-state index in [0.717, 1.165) is 0 Å². The first-order valence-corrected chi connectivity index (χ1v) is 21.3. The Bertz CT molecular complexity index is 717. The van der Waals surface area contributed by atoms with Crippen molar-refractivity contribution < 1.29 is 27.3 Å². The molecule has 0 N–H and O–H groups in total. The Morgan fingerprint density at radius 1 is 0.806 bits per heavy atom. The van der Waals surface area contributed by atoms with E-state index in [1.165, 1.54) is 0 Å². The van der Waals surface area contributed by atoms with Gasteiger partial charge in [-0.05, 0) is 62.5 Å². The smallest absolute Gasteiger partial charge is 0.338 e. The maximum atomic E-state index is 13.1. The van der Waals surface area contributed by atoms with Crippen molar-refractivity contribution in [2.45, 2.75) is 125 Å². The van der Waals surface area contributed by atoms with Crippen molar-refractivity contribution in [3.63, 3.8) is 0 Å². The van der Waals surface area contributed by atoms with Crippen molar-refractivity contribution in [3.8, 4) is 0 Å². The van der Waals surface area contributed by atoms with E-state index < -0.39 is 24.2 Å². The zero-order chi connectivity index (χ0) is 28.8. The zero-order valence-electron chi connectivity index (χ0n) is 26.2. The third-order valence-electron chi connectivity index (χ3n) is 8.15. The van der Waals surface area contributed by atoms with Crippen LogP contribution in [0.5, 0.6) is 0 Å². The van der Waals surface area contributed by atoms with Crippen molar-refractivity contribution in [1.82, 2.24) is 0 Å². The largest absolute Gasteiger partial charge is 0.416 e. The molecule has 0 unspecified atom stereocenters. The van der Waals surface area contributed by atoms with Gasteiger partial charge in [-0.3, -0.25) is 9.36 Å². The number of rotatable bonds is 16. The minimum Gasteiger partial charge on any atom is -0.416 e. The van der Waals surface area contributed by atoms with Crippen molar-refractivity contribution in [1.29, 1.82) is 0 Å². The van der Waals surface area contributed by atoms with Gasteiger partial charge in [0.25, 0.3) is 0 Å². The molecule has 0 aromatic rings. The van der Waals surface area contributed by atoms with Crippen LogP contribution in [0, 0.1) is 17.8 Å². The van der Waals surface area contributed by atoms with Gasteiger partial charge in [-0.25, -0.2) is 0 Å². The lowest BCUT2D eigenvalue weighted by Gasteiger charge is -2.44. The van der Waals surface area contributed by atoms with Gasteiger partial charge in [-0.1, -0.05) is 62.3 Å². The molecule has 216 valence electrons. The van der Waals surface area contributed by atoms with Crippen LogP contribution in [-0.4, -0.2) is 54.5 Å². The van der Waals surface area contributed by atoms with Gasteiger partial charge >= 0.3 is 7.60 Å². The van der Waals surface area contributed by atoms with Crippen LogP contribution in [0.25, 0.3) is 0 Å². The van der Waals surface area contributed by atoms with Gasteiger partial charge < -0.3 is 17.9 Å². The molecule has 0 amide bonds. The van der Waals surface area contributed by atoms with Gasteiger partial charge in [0, 0.05) is 18.4 Å². The summed E-state index contributed by atoms with van der Waals surface area (Å²) in [6.07, 6.45) is 0.442. The number of ketones is 1. The predicted octanol–water partition coefficient (Wildman–Crippen LogP) is 8.53. The van der Waals surface area contributed by atoms with E-state index >= 15 is 0 Å². The normalized spacial score (nSPS) is 17.5. The third-order valence-corrected chi connectivity index (χ3v) is 19.1. The van der Waals surface area contributed by atoms with Gasteiger partial charge in [0.2, 0.25) is 0 Å². The summed E-state index contributed by atoms with van der Waals surface area (Å²) >= 11 is 0. The first-order valence-electron chi connectivity index (χ1n) is 13.8. The van der Waals surface area contributed by atoms with E-state index in [1.54, 1.807) is 13.8 Å². The second-order valence-corrected chi connectivity index (χ2v) is 25.2. The number of hydrogen-bond donors (Lipinski definition) is 0. The van der Waals surface area contributed by atoms with Crippen LogP contribution >= 0.6 is 7.60 Å². The molecule has 0 rings (SSSR count). The molecule has 36 heavy (non-hydrogen) atoms. The van der Waals surface area contributed by atoms with Crippen molar-refractivity contribution in [3.05, 3.63) is 0 Å². The summed E-state index contributed by atoms with van der Waals surface area (Å²) in [7, 11) is -7.36. The minimum atomic E-state index is -3.41. The highest BCUT2D eigenvalue weighted by molar-refractivity contribution is 7.54. The van der Waals surface area contributed by atoms with Crippen LogP contribution in [0.4, 0.5) is 0 Å². The van der Waals surface area contributed by atoms with E-state index in [2.05, 4.69) is 81.6 Å². The van der Waals surface area contributed by atoms with Crippen molar-refractivity contribution >= 4 is 30.0 Å². The monoisotopic (exact) mass is 566 g/mol. The molecule has 6 nitrogen and oxygen atoms in total. The van der Waals surface area contributed by atoms with Crippen LogP contribution < -0.4 is 0 Å². The highest BCUT2D eigenvalue weighted by atomic mass is 31.2. The Morgan fingerprint density at radius 2 is 1.25 bits per heavy atom. The lowest BCUT2D eigenvalue weighted by molar-refractivity contribution is -0.121. The molecule has 0 aliphatic carbocycles. The fraction of sp³-hybridized carbons (Fsp3) is 0.963. The SMILES string of the molecule is CCOP(=O)(CC(=O)[C@H](C)C[C@H](C)[C@H](O[Si](C)(C)C(C)(C)C)[C@@H](C)CO[Si](C)(C)C(C)(C)C)OCC. The molecule has 0 fully saturated rings. The molecule has 0 aliphatic rings. The lowest BCUT2D eigenvalue weighted by atomic mass is 9.86. The first-order chi connectivity index (χ1) is 16.0. The Hall–Kier alpha value is 0.174. The van der Waals surface area contributed by atoms with Crippen LogP contribution in [0.3, 0.4) is 0 Å². The summed E-state index contributed by atoms with van der Waals surface area (Å²) in [4.78, 5) is 13.1. The van der Waals surface area contributed by atoms with E-state index in [4.69, 9.17) is 17.9 Å². The molecule has 0 saturated heterocycles. The van der Waals surface area contributed by atoms with E-state index in [1.807, 2.05) is 6.92 Å². The molecule has 0 heterocycles. The Balaban J connectivity index is 5.73. The summed E-state index contributed by atoms with van der Waals surface area (Å²) in [6.45, 7) is 33.6. The Morgan fingerprint density at radius 3 is 1.64 bits per heavy atom. The standard InChI is InChI=1S/C27H59O6PSi2/c1-16-30-34(29,31-17-2)20-24(28)21(3)18-22(4)25(33-36(14,15)27(9,10)11)23(5)19-32-35(12,13)26(6,7)8/h21-23,25H,16-20H2,1-15H3/t21-,22+,23+,25+/m1/s1. The van der Waals surface area contributed by atoms with Gasteiger partial charge in [-0.2, -0.15) is 0 Å². The number of Topliss-reactive ketones (excluding diaryl/α,β-unsaturated/α-hetero) is 1. The minimum absolute atomic E-state index is 0.0310. The molecule has 0 aromatic carbocycles. The molecular formula is C27H59O6PSi2.